The number of rotatable bonds is 7. The summed E-state index contributed by atoms with van der Waals surface area (Å²) in [5.41, 5.74) is 5.65. The Morgan fingerprint density at radius 3 is 2.37 bits per heavy atom. The highest BCUT2D eigenvalue weighted by molar-refractivity contribution is 7.15. The van der Waals surface area contributed by atoms with Crippen LogP contribution in [0.3, 0.4) is 0 Å². The molecule has 0 saturated carbocycles. The van der Waals surface area contributed by atoms with Crippen LogP contribution in [0.4, 0.5) is 0 Å². The quantitative estimate of drug-likeness (QED) is 0.210. The molecule has 4 aromatic rings. The smallest absolute Gasteiger partial charge is 0.246 e. The highest BCUT2D eigenvalue weighted by Crippen LogP contribution is 2.39. The van der Waals surface area contributed by atoms with Crippen LogP contribution in [0.25, 0.3) is 5.00 Å². The molecule has 2 amide bonds. The summed E-state index contributed by atoms with van der Waals surface area (Å²) in [6.45, 7) is 9.73. The molecule has 6 rings (SSSR count). The van der Waals surface area contributed by atoms with E-state index in [2.05, 4.69) is 59.8 Å². The third-order valence-electron chi connectivity index (χ3n) is 8.61. The molecule has 1 atom stereocenters. The lowest BCUT2D eigenvalue weighted by Crippen LogP contribution is -2.50. The van der Waals surface area contributed by atoms with E-state index in [0.717, 1.165) is 38.8 Å². The number of fused-ring (bicyclic) bond motifs is 3. The summed E-state index contributed by atoms with van der Waals surface area (Å²) in [7, 11) is 1.54. The molecule has 1 fully saturated rings. The van der Waals surface area contributed by atoms with Gasteiger partial charge in [0.2, 0.25) is 11.8 Å². The number of aliphatic imine (C=N–C) groups is 1. The number of nitrogens with zero attached hydrogens (tertiary/aromatic N) is 6. The van der Waals surface area contributed by atoms with Crippen LogP contribution in [0.15, 0.2) is 65.7 Å². The molecule has 0 N–H and O–H groups in total. The lowest BCUT2D eigenvalue weighted by molar-refractivity contribution is -0.137. The molecule has 46 heavy (non-hydrogen) atoms. The molecule has 2 aliphatic heterocycles. The molecule has 0 radical (unpaired) electrons. The van der Waals surface area contributed by atoms with Gasteiger partial charge in [-0.3, -0.25) is 23.9 Å². The molecule has 236 valence electrons. The minimum Gasteiger partial charge on any atom is -0.497 e. The van der Waals surface area contributed by atoms with Crippen LogP contribution in [-0.4, -0.2) is 81.2 Å². The normalized spacial score (nSPS) is 16.1. The van der Waals surface area contributed by atoms with E-state index in [-0.39, 0.29) is 24.0 Å². The Hall–Kier alpha value is -4.90. The first-order valence-corrected chi connectivity index (χ1v) is 16.1. The Morgan fingerprint density at radius 1 is 0.935 bits per heavy atom. The van der Waals surface area contributed by atoms with Crippen molar-refractivity contribution in [3.8, 4) is 10.8 Å². The minimum atomic E-state index is -0.533. The van der Waals surface area contributed by atoms with Gasteiger partial charge < -0.3 is 14.5 Å². The maximum atomic E-state index is 13.7. The Labute approximate surface area is 272 Å². The maximum absolute atomic E-state index is 13.7. The van der Waals surface area contributed by atoms with Crippen LogP contribution in [0.5, 0.6) is 5.75 Å². The standard InChI is InChI=1S/C35H36N6O4S/c1-21-9-11-25(12-10-21)33-32-22(2)23(3)46-35(32)41-24(4)37-38-34(41)28(36-33)20-31(44)40-17-15-39(16-18-40)30(43)14-13-29(42)26-7-6-8-27(19-26)45-5/h6-14,19,28H,15-18,20H2,1-5H3/b14-13+/t28-/m0/s1. The number of ketones is 1. The van der Waals surface area contributed by atoms with E-state index in [0.29, 0.717) is 43.3 Å². The average Bonchev–Trinajstić information content (AvgIpc) is 3.55. The van der Waals surface area contributed by atoms with Gasteiger partial charge in [-0.15, -0.1) is 21.5 Å². The van der Waals surface area contributed by atoms with E-state index in [9.17, 15) is 14.4 Å². The summed E-state index contributed by atoms with van der Waals surface area (Å²) in [6, 6.07) is 14.6. The van der Waals surface area contributed by atoms with Crippen molar-refractivity contribution >= 4 is 34.6 Å². The summed E-state index contributed by atoms with van der Waals surface area (Å²) >= 11 is 1.69. The molecule has 10 nitrogen and oxygen atoms in total. The third kappa shape index (κ3) is 6.02. The van der Waals surface area contributed by atoms with Gasteiger partial charge in [-0.05, 0) is 51.5 Å². The first kappa shape index (κ1) is 31.1. The Balaban J connectivity index is 1.18. The van der Waals surface area contributed by atoms with Gasteiger partial charge in [0.15, 0.2) is 11.6 Å². The molecule has 2 aromatic heterocycles. The lowest BCUT2D eigenvalue weighted by Gasteiger charge is -2.34. The van der Waals surface area contributed by atoms with Crippen molar-refractivity contribution in [1.29, 1.82) is 0 Å². The minimum absolute atomic E-state index is 0.0572. The van der Waals surface area contributed by atoms with Crippen molar-refractivity contribution in [1.82, 2.24) is 24.6 Å². The molecule has 1 saturated heterocycles. The number of hydrogen-bond acceptors (Lipinski definition) is 8. The molecule has 0 bridgehead atoms. The Morgan fingerprint density at radius 2 is 1.65 bits per heavy atom. The molecule has 2 aliphatic rings. The average molecular weight is 637 g/mol. The number of aryl methyl sites for hydroxylation is 3. The SMILES string of the molecule is COc1cccc(C(=O)/C=C/C(=O)N2CCN(C(=O)C[C@@H]3N=C(c4ccc(C)cc4)c4c(sc(C)c4C)-n4c(C)nnc43)CC2)c1. The predicted octanol–water partition coefficient (Wildman–Crippen LogP) is 4.96. The number of carbonyl (C=O) groups is 3. The third-order valence-corrected chi connectivity index (χ3v) is 9.80. The molecule has 0 unspecified atom stereocenters. The fraction of sp³-hybridized carbons (Fsp3) is 0.314. The van der Waals surface area contributed by atoms with Gasteiger partial charge in [-0.1, -0.05) is 42.0 Å². The van der Waals surface area contributed by atoms with Crippen LogP contribution >= 0.6 is 11.3 Å². The van der Waals surface area contributed by atoms with Crippen LogP contribution in [-0.2, 0) is 9.59 Å². The number of piperazine rings is 1. The summed E-state index contributed by atoms with van der Waals surface area (Å²) < 4.78 is 7.23. The van der Waals surface area contributed by atoms with Gasteiger partial charge in [0.25, 0.3) is 0 Å². The van der Waals surface area contributed by atoms with Crippen molar-refractivity contribution in [3.63, 3.8) is 0 Å². The zero-order chi connectivity index (χ0) is 32.5. The highest BCUT2D eigenvalue weighted by atomic mass is 32.1. The van der Waals surface area contributed by atoms with E-state index < -0.39 is 6.04 Å². The first-order chi connectivity index (χ1) is 22.1. The van der Waals surface area contributed by atoms with Crippen LogP contribution < -0.4 is 4.74 Å². The number of aromatic nitrogens is 3. The van der Waals surface area contributed by atoms with Crippen LogP contribution in [0, 0.1) is 27.7 Å². The van der Waals surface area contributed by atoms with E-state index in [1.54, 1.807) is 45.4 Å². The summed E-state index contributed by atoms with van der Waals surface area (Å²) in [6.07, 6.45) is 2.71. The number of hydrogen-bond donors (Lipinski definition) is 0. The number of carbonyl (C=O) groups excluding carboxylic acids is 3. The molecular formula is C35H36N6O4S. The Bertz CT molecular complexity index is 1880. The molecule has 0 aliphatic carbocycles. The molecule has 11 heteroatoms. The number of amides is 2. The molecule has 0 spiro atoms. The molecule has 4 heterocycles. The zero-order valence-electron chi connectivity index (χ0n) is 26.6. The number of benzene rings is 2. The van der Waals surface area contributed by atoms with Gasteiger partial charge in [-0.2, -0.15) is 0 Å². The fourth-order valence-electron chi connectivity index (χ4n) is 5.83. The second-order valence-corrected chi connectivity index (χ2v) is 12.8. The maximum Gasteiger partial charge on any atom is 0.246 e. The van der Waals surface area contributed by atoms with Crippen molar-refractivity contribution < 1.29 is 19.1 Å². The molecule has 2 aromatic carbocycles. The van der Waals surface area contributed by atoms with Gasteiger partial charge in [0.05, 0.1) is 19.2 Å². The van der Waals surface area contributed by atoms with Crippen molar-refractivity contribution in [2.45, 2.75) is 40.2 Å². The van der Waals surface area contributed by atoms with Crippen LogP contribution in [0.2, 0.25) is 0 Å². The second kappa shape index (κ2) is 12.8. The predicted molar refractivity (Wildman–Crippen MR) is 177 cm³/mol. The monoisotopic (exact) mass is 636 g/mol. The Kier molecular flexibility index (Phi) is 8.68. The number of ether oxygens (including phenoxy) is 1. The zero-order valence-corrected chi connectivity index (χ0v) is 27.4. The van der Waals surface area contributed by atoms with E-state index in [1.807, 2.05) is 6.92 Å². The fourth-order valence-corrected chi connectivity index (χ4v) is 7.05. The van der Waals surface area contributed by atoms with Gasteiger partial charge in [0.1, 0.15) is 22.6 Å². The van der Waals surface area contributed by atoms with E-state index >= 15 is 0 Å². The number of methoxy groups -OCH3 is 1. The summed E-state index contributed by atoms with van der Waals surface area (Å²) in [5.74, 6) is 1.37. The number of allylic oxidation sites excluding steroid dienone is 1. The van der Waals surface area contributed by atoms with Gasteiger partial charge >= 0.3 is 0 Å². The highest BCUT2D eigenvalue weighted by Gasteiger charge is 2.34. The topological polar surface area (TPSA) is 110 Å². The second-order valence-electron chi connectivity index (χ2n) is 11.6. The van der Waals surface area contributed by atoms with Gasteiger partial charge in [0, 0.05) is 53.8 Å². The van der Waals surface area contributed by atoms with Crippen LogP contribution in [0.1, 0.15) is 61.6 Å². The summed E-state index contributed by atoms with van der Waals surface area (Å²) in [4.78, 5) is 49.1. The lowest BCUT2D eigenvalue weighted by atomic mass is 9.99. The van der Waals surface area contributed by atoms with Crippen molar-refractivity contribution in [2.75, 3.05) is 33.3 Å². The van der Waals surface area contributed by atoms with Crippen molar-refractivity contribution in [2.24, 2.45) is 4.99 Å². The van der Waals surface area contributed by atoms with E-state index in [1.165, 1.54) is 24.1 Å². The van der Waals surface area contributed by atoms with E-state index in [4.69, 9.17) is 9.73 Å². The molecular weight excluding hydrogens is 600 g/mol. The largest absolute Gasteiger partial charge is 0.497 e. The summed E-state index contributed by atoms with van der Waals surface area (Å²) in [5, 5.41) is 9.93. The van der Waals surface area contributed by atoms with Gasteiger partial charge in [-0.25, -0.2) is 0 Å². The first-order valence-electron chi connectivity index (χ1n) is 15.2. The van der Waals surface area contributed by atoms with Crippen molar-refractivity contribution in [3.05, 3.63) is 105 Å². The number of thiophene rings is 1.